The van der Waals surface area contributed by atoms with Gasteiger partial charge >= 0.3 is 0 Å². The monoisotopic (exact) mass is 517 g/mol. The van der Waals surface area contributed by atoms with Gasteiger partial charge in [0.2, 0.25) is 5.43 Å². The van der Waals surface area contributed by atoms with Crippen LogP contribution < -0.4 is 20.2 Å². The van der Waals surface area contributed by atoms with Crippen LogP contribution in [-0.4, -0.2) is 46.0 Å². The number of ketones is 1. The number of aryl methyl sites for hydroxylation is 1. The number of rotatable bonds is 9. The van der Waals surface area contributed by atoms with Gasteiger partial charge in [-0.15, -0.1) is 6.42 Å². The summed E-state index contributed by atoms with van der Waals surface area (Å²) in [6.07, 6.45) is 8.57. The average molecular weight is 518 g/mol. The molecule has 9 heteroatoms. The van der Waals surface area contributed by atoms with Crippen molar-refractivity contribution < 1.29 is 33.0 Å². The molecule has 0 fully saturated rings. The van der Waals surface area contributed by atoms with Crippen LogP contribution in [0.25, 0.3) is 16.5 Å². The molecule has 1 aliphatic carbocycles. The molecule has 9 nitrogen and oxygen atoms in total. The van der Waals surface area contributed by atoms with Crippen LogP contribution in [0.5, 0.6) is 11.5 Å². The van der Waals surface area contributed by atoms with Gasteiger partial charge in [-0.1, -0.05) is 12.0 Å². The number of benzene rings is 2. The highest BCUT2D eigenvalue weighted by Gasteiger charge is 2.28. The van der Waals surface area contributed by atoms with Gasteiger partial charge in [-0.3, -0.25) is 14.4 Å². The summed E-state index contributed by atoms with van der Waals surface area (Å²) in [5.41, 5.74) is 2.60. The fourth-order valence-corrected chi connectivity index (χ4v) is 4.34. The molecule has 3 aromatic rings. The summed E-state index contributed by atoms with van der Waals surface area (Å²) in [4.78, 5) is 40.4. The van der Waals surface area contributed by atoms with Gasteiger partial charge < -0.3 is 28.7 Å². The lowest BCUT2D eigenvalue weighted by Crippen LogP contribution is -2.27. The molecule has 196 valence electrons. The zero-order valence-corrected chi connectivity index (χ0v) is 21.6. The standard InChI is InChI=1S/C29H27NO8/c1-6-9-30-29(33)25-17(3)16(2)10-24-26(25)28(32)21(13-36-24)19-8-7-18-11-22(37-14-34-4)23(38-15-35-5)12-20(18)27(19)31/h1,8,10-13H,7,9,14-15H2,2-5H3,(H,30,33). The Kier molecular flexibility index (Phi) is 7.96. The van der Waals surface area contributed by atoms with E-state index in [1.165, 1.54) is 20.5 Å². The van der Waals surface area contributed by atoms with Crippen molar-refractivity contribution in [3.63, 3.8) is 0 Å². The fourth-order valence-electron chi connectivity index (χ4n) is 4.34. The van der Waals surface area contributed by atoms with E-state index >= 15 is 0 Å². The number of terminal acetylenes is 1. The molecule has 0 spiro atoms. The molecular weight excluding hydrogens is 490 g/mol. The van der Waals surface area contributed by atoms with Gasteiger partial charge in [-0.05, 0) is 55.2 Å². The van der Waals surface area contributed by atoms with Gasteiger partial charge in [-0.2, -0.15) is 0 Å². The Morgan fingerprint density at radius 3 is 2.39 bits per heavy atom. The molecule has 1 amide bonds. The number of ether oxygens (including phenoxy) is 4. The molecule has 0 radical (unpaired) electrons. The van der Waals surface area contributed by atoms with Crippen LogP contribution in [0.3, 0.4) is 0 Å². The molecule has 4 rings (SSSR count). The quantitative estimate of drug-likeness (QED) is 0.339. The third kappa shape index (κ3) is 4.92. The largest absolute Gasteiger partial charge is 0.464 e. The lowest BCUT2D eigenvalue weighted by atomic mass is 9.86. The van der Waals surface area contributed by atoms with Gasteiger partial charge in [0.15, 0.2) is 30.9 Å². The van der Waals surface area contributed by atoms with Crippen molar-refractivity contribution in [2.45, 2.75) is 20.3 Å². The van der Waals surface area contributed by atoms with Crippen LogP contribution in [0.2, 0.25) is 0 Å². The normalized spacial score (nSPS) is 12.5. The molecule has 38 heavy (non-hydrogen) atoms. The average Bonchev–Trinajstić information content (AvgIpc) is 2.91. The number of allylic oxidation sites excluding steroid dienone is 2. The van der Waals surface area contributed by atoms with Gasteiger partial charge in [0.1, 0.15) is 11.8 Å². The lowest BCUT2D eigenvalue weighted by Gasteiger charge is -2.20. The Morgan fingerprint density at radius 2 is 1.74 bits per heavy atom. The molecule has 0 saturated carbocycles. The maximum atomic E-state index is 13.8. The third-order valence-corrected chi connectivity index (χ3v) is 6.30. The predicted molar refractivity (Wildman–Crippen MR) is 141 cm³/mol. The first-order valence-electron chi connectivity index (χ1n) is 11.7. The lowest BCUT2D eigenvalue weighted by molar-refractivity contribution is 0.0321. The molecule has 0 unspecified atom stereocenters. The second-order valence-corrected chi connectivity index (χ2v) is 8.64. The molecule has 0 atom stereocenters. The van der Waals surface area contributed by atoms with Crippen molar-refractivity contribution in [3.05, 3.63) is 74.1 Å². The van der Waals surface area contributed by atoms with E-state index < -0.39 is 11.3 Å². The Balaban J connectivity index is 1.83. The molecule has 2 aromatic carbocycles. The Bertz CT molecular complexity index is 1560. The third-order valence-electron chi connectivity index (χ3n) is 6.30. The predicted octanol–water partition coefficient (Wildman–Crippen LogP) is 3.56. The van der Waals surface area contributed by atoms with Crippen LogP contribution >= 0.6 is 0 Å². The van der Waals surface area contributed by atoms with Crippen LogP contribution in [0, 0.1) is 26.2 Å². The first-order chi connectivity index (χ1) is 18.3. The van der Waals surface area contributed by atoms with Gasteiger partial charge in [-0.25, -0.2) is 0 Å². The molecule has 1 aromatic heterocycles. The molecular formula is C29H27NO8. The SMILES string of the molecule is C#CCNC(=O)c1c(C)c(C)cc2occ(C3=CCc4cc(OCOC)c(OCOC)cc4C3=O)c(=O)c12. The number of amides is 1. The minimum absolute atomic E-state index is 0.00269. The van der Waals surface area contributed by atoms with Crippen molar-refractivity contribution in [2.75, 3.05) is 34.4 Å². The summed E-state index contributed by atoms with van der Waals surface area (Å²) in [7, 11) is 2.97. The van der Waals surface area contributed by atoms with E-state index in [-0.39, 0.29) is 53.6 Å². The van der Waals surface area contributed by atoms with Gasteiger partial charge in [0.05, 0.1) is 23.1 Å². The molecule has 0 saturated heterocycles. The fraction of sp³-hybridized carbons (Fsp3) is 0.276. The number of nitrogens with one attached hydrogen (secondary N) is 1. The summed E-state index contributed by atoms with van der Waals surface area (Å²) in [6.45, 7) is 3.50. The van der Waals surface area contributed by atoms with Crippen LogP contribution in [0.15, 0.2) is 39.7 Å². The Labute approximate surface area is 219 Å². The highest BCUT2D eigenvalue weighted by atomic mass is 16.7. The summed E-state index contributed by atoms with van der Waals surface area (Å²) in [6, 6.07) is 4.96. The number of hydrogen-bond donors (Lipinski definition) is 1. The van der Waals surface area contributed by atoms with Crippen LogP contribution in [-0.2, 0) is 15.9 Å². The zero-order chi connectivity index (χ0) is 27.4. The van der Waals surface area contributed by atoms with Crippen molar-refractivity contribution in [3.8, 4) is 23.8 Å². The zero-order valence-electron chi connectivity index (χ0n) is 21.6. The first-order valence-corrected chi connectivity index (χ1v) is 11.7. The maximum absolute atomic E-state index is 13.8. The van der Waals surface area contributed by atoms with Crippen molar-refractivity contribution in [2.24, 2.45) is 0 Å². The Hall–Kier alpha value is -4.39. The van der Waals surface area contributed by atoms with Crippen molar-refractivity contribution in [1.29, 1.82) is 0 Å². The van der Waals surface area contributed by atoms with E-state index in [9.17, 15) is 14.4 Å². The van der Waals surface area contributed by atoms with Gasteiger partial charge in [0.25, 0.3) is 5.91 Å². The van der Waals surface area contributed by atoms with Gasteiger partial charge in [0, 0.05) is 25.4 Å². The molecule has 0 bridgehead atoms. The number of carbonyl (C=O) groups excluding carboxylic acids is 2. The molecule has 1 N–H and O–H groups in total. The van der Waals surface area contributed by atoms with E-state index in [1.807, 2.05) is 6.92 Å². The van der Waals surface area contributed by atoms with E-state index in [1.54, 1.807) is 31.2 Å². The number of methoxy groups -OCH3 is 2. The number of fused-ring (bicyclic) bond motifs is 2. The smallest absolute Gasteiger partial charge is 0.253 e. The maximum Gasteiger partial charge on any atom is 0.253 e. The summed E-state index contributed by atoms with van der Waals surface area (Å²) in [5, 5.41) is 2.71. The van der Waals surface area contributed by atoms with E-state index in [2.05, 4.69) is 11.2 Å². The summed E-state index contributed by atoms with van der Waals surface area (Å²) >= 11 is 0. The summed E-state index contributed by atoms with van der Waals surface area (Å²) < 4.78 is 27.0. The summed E-state index contributed by atoms with van der Waals surface area (Å²) in [5.74, 6) is 2.16. The molecule has 0 aliphatic heterocycles. The number of Topliss-reactive ketones (excluding diaryl/α,β-unsaturated/α-hetero) is 1. The second kappa shape index (κ2) is 11.3. The first kappa shape index (κ1) is 26.7. The minimum atomic E-state index is -0.489. The Morgan fingerprint density at radius 1 is 1.05 bits per heavy atom. The van der Waals surface area contributed by atoms with Crippen molar-refractivity contribution in [1.82, 2.24) is 5.32 Å². The van der Waals surface area contributed by atoms with E-state index in [0.29, 0.717) is 34.6 Å². The van der Waals surface area contributed by atoms with E-state index in [0.717, 1.165) is 5.56 Å². The minimum Gasteiger partial charge on any atom is -0.464 e. The number of hydrogen-bond acceptors (Lipinski definition) is 8. The second-order valence-electron chi connectivity index (χ2n) is 8.64. The molecule has 1 aliphatic rings. The highest BCUT2D eigenvalue weighted by molar-refractivity contribution is 6.30. The molecule has 1 heterocycles. The van der Waals surface area contributed by atoms with E-state index in [4.69, 9.17) is 29.8 Å². The number of carbonyl (C=O) groups is 2. The topological polar surface area (TPSA) is 113 Å². The highest BCUT2D eigenvalue weighted by Crippen LogP contribution is 2.36. The van der Waals surface area contributed by atoms with Crippen LogP contribution in [0.1, 0.15) is 43.0 Å². The van der Waals surface area contributed by atoms with Crippen LogP contribution in [0.4, 0.5) is 0 Å². The van der Waals surface area contributed by atoms with Crippen molar-refractivity contribution >= 4 is 28.2 Å².